The van der Waals surface area contributed by atoms with Gasteiger partial charge in [0.15, 0.2) is 0 Å². The first-order valence-electron chi connectivity index (χ1n) is 12.0. The van der Waals surface area contributed by atoms with Gasteiger partial charge in [0.2, 0.25) is 11.8 Å². The van der Waals surface area contributed by atoms with Crippen molar-refractivity contribution < 1.29 is 29.4 Å². The van der Waals surface area contributed by atoms with E-state index in [0.717, 1.165) is 75.3 Å². The van der Waals surface area contributed by atoms with E-state index in [2.05, 4.69) is 0 Å². The van der Waals surface area contributed by atoms with Crippen LogP contribution in [0.25, 0.3) is 10.8 Å². The molecule has 8 heteroatoms. The molecule has 180 valence electrons. The molecule has 0 aliphatic heterocycles. The molecule has 2 aliphatic carbocycles. The minimum Gasteiger partial charge on any atom is -0.478 e. The number of primary amides is 2. The normalized spacial score (nSPS) is 17.5. The van der Waals surface area contributed by atoms with E-state index in [4.69, 9.17) is 11.5 Å². The van der Waals surface area contributed by atoms with E-state index in [-0.39, 0.29) is 28.2 Å². The van der Waals surface area contributed by atoms with Crippen molar-refractivity contribution in [1.29, 1.82) is 0 Å². The van der Waals surface area contributed by atoms with E-state index >= 15 is 0 Å². The van der Waals surface area contributed by atoms with Gasteiger partial charge in [0.25, 0.3) is 0 Å². The lowest BCUT2D eigenvalue weighted by Gasteiger charge is -2.32. The summed E-state index contributed by atoms with van der Waals surface area (Å²) in [5.74, 6) is -5.05. The number of hydrogen-bond donors (Lipinski definition) is 4. The van der Waals surface area contributed by atoms with E-state index in [0.29, 0.717) is 0 Å². The van der Waals surface area contributed by atoms with Crippen molar-refractivity contribution in [1.82, 2.24) is 0 Å². The Morgan fingerprint density at radius 3 is 1.62 bits per heavy atom. The Morgan fingerprint density at radius 2 is 1.15 bits per heavy atom. The summed E-state index contributed by atoms with van der Waals surface area (Å²) in [6.07, 6.45) is 10.0. The molecule has 6 N–H and O–H groups in total. The van der Waals surface area contributed by atoms with Gasteiger partial charge in [0, 0.05) is 5.39 Å². The van der Waals surface area contributed by atoms with E-state index in [1.165, 1.54) is 0 Å². The number of amides is 2. The van der Waals surface area contributed by atoms with Gasteiger partial charge >= 0.3 is 11.9 Å². The van der Waals surface area contributed by atoms with E-state index < -0.39 is 40.4 Å². The number of benzene rings is 2. The molecule has 0 saturated heterocycles. The van der Waals surface area contributed by atoms with Gasteiger partial charge in [-0.15, -0.1) is 0 Å². The molecule has 0 bridgehead atoms. The summed E-state index contributed by atoms with van der Waals surface area (Å²) < 4.78 is 0. The molecular formula is C26H30N2O6. The number of carbonyl (C=O) groups is 4. The van der Waals surface area contributed by atoms with Crippen molar-refractivity contribution in [3.05, 3.63) is 45.5 Å². The molecule has 2 aromatic carbocycles. The fourth-order valence-electron chi connectivity index (χ4n) is 6.15. The highest BCUT2D eigenvalue weighted by Gasteiger charge is 2.35. The summed E-state index contributed by atoms with van der Waals surface area (Å²) >= 11 is 0. The van der Waals surface area contributed by atoms with E-state index in [9.17, 15) is 29.4 Å². The maximum Gasteiger partial charge on any atom is 0.337 e. The summed E-state index contributed by atoms with van der Waals surface area (Å²) in [5.41, 5.74) is 10.7. The standard InChI is InChI=1S/C26H30N2O6/c27-23(29)19-16-12-11-15(13-7-3-1-4-8-13)17(14-9-5-2-6-10-14)18(16)21(25(31)32)22(26(33)34)20(19)24(28)30/h11-14H,1-10H2,(H2,27,29)(H2,28,30)(H,31,32)(H,33,34). The number of nitrogens with two attached hydrogens (primary N) is 2. The molecule has 34 heavy (non-hydrogen) atoms. The van der Waals surface area contributed by atoms with Crippen LogP contribution in [-0.4, -0.2) is 34.0 Å². The van der Waals surface area contributed by atoms with Crippen molar-refractivity contribution in [2.45, 2.75) is 76.0 Å². The first-order valence-corrected chi connectivity index (χ1v) is 12.0. The van der Waals surface area contributed by atoms with Gasteiger partial charge in [-0.05, 0) is 54.0 Å². The highest BCUT2D eigenvalue weighted by atomic mass is 16.4. The molecule has 2 amide bonds. The molecular weight excluding hydrogens is 436 g/mol. The molecule has 0 unspecified atom stereocenters. The Bertz CT molecular complexity index is 1190. The molecule has 0 aromatic heterocycles. The molecule has 8 nitrogen and oxygen atoms in total. The predicted molar refractivity (Wildman–Crippen MR) is 127 cm³/mol. The predicted octanol–water partition coefficient (Wildman–Crippen LogP) is 4.53. The monoisotopic (exact) mass is 466 g/mol. The van der Waals surface area contributed by atoms with Crippen LogP contribution in [0.1, 0.15) is 129 Å². The fraction of sp³-hybridized carbons (Fsp3) is 0.462. The Labute approximate surface area is 197 Å². The highest BCUT2D eigenvalue weighted by Crippen LogP contribution is 2.46. The second-order valence-corrected chi connectivity index (χ2v) is 9.50. The van der Waals surface area contributed by atoms with Crippen molar-refractivity contribution in [2.75, 3.05) is 0 Å². The first kappa shape index (κ1) is 23.7. The van der Waals surface area contributed by atoms with Gasteiger partial charge in [-0.2, -0.15) is 0 Å². The third-order valence-corrected chi connectivity index (χ3v) is 7.53. The van der Waals surface area contributed by atoms with Crippen LogP contribution in [-0.2, 0) is 0 Å². The lowest BCUT2D eigenvalue weighted by molar-refractivity contribution is 0.0651. The van der Waals surface area contributed by atoms with Gasteiger partial charge in [0.05, 0.1) is 22.3 Å². The maximum absolute atomic E-state index is 12.6. The van der Waals surface area contributed by atoms with Crippen LogP contribution in [0.2, 0.25) is 0 Å². The van der Waals surface area contributed by atoms with Crippen LogP contribution in [0.5, 0.6) is 0 Å². The summed E-state index contributed by atoms with van der Waals surface area (Å²) in [5, 5.41) is 20.7. The first-order chi connectivity index (χ1) is 16.2. The number of aromatic carboxylic acids is 2. The topological polar surface area (TPSA) is 161 Å². The number of fused-ring (bicyclic) bond motifs is 1. The van der Waals surface area contributed by atoms with Gasteiger partial charge in [-0.3, -0.25) is 9.59 Å². The molecule has 0 atom stereocenters. The van der Waals surface area contributed by atoms with Crippen molar-refractivity contribution >= 4 is 34.5 Å². The molecule has 2 saturated carbocycles. The van der Waals surface area contributed by atoms with Crippen LogP contribution in [0.4, 0.5) is 0 Å². The third-order valence-electron chi connectivity index (χ3n) is 7.53. The summed E-state index contributed by atoms with van der Waals surface area (Å²) in [4.78, 5) is 49.8. The largest absolute Gasteiger partial charge is 0.478 e. The highest BCUT2D eigenvalue weighted by molar-refractivity contribution is 6.25. The van der Waals surface area contributed by atoms with Crippen LogP contribution < -0.4 is 11.5 Å². The number of carboxylic acid groups (broad SMARTS) is 2. The fourth-order valence-corrected chi connectivity index (χ4v) is 6.15. The number of hydrogen-bond acceptors (Lipinski definition) is 4. The summed E-state index contributed by atoms with van der Waals surface area (Å²) in [6.45, 7) is 0. The Kier molecular flexibility index (Phi) is 6.59. The van der Waals surface area contributed by atoms with Gasteiger partial charge in [-0.1, -0.05) is 50.7 Å². The van der Waals surface area contributed by atoms with Gasteiger partial charge in [-0.25, -0.2) is 9.59 Å². The van der Waals surface area contributed by atoms with Crippen molar-refractivity contribution in [2.24, 2.45) is 11.5 Å². The van der Waals surface area contributed by atoms with Gasteiger partial charge in [0.1, 0.15) is 0 Å². The van der Waals surface area contributed by atoms with Crippen LogP contribution in [0.3, 0.4) is 0 Å². The third kappa shape index (κ3) is 4.02. The average Bonchev–Trinajstić information content (AvgIpc) is 2.82. The molecule has 2 aromatic rings. The molecule has 4 rings (SSSR count). The van der Waals surface area contributed by atoms with Crippen LogP contribution in [0, 0.1) is 0 Å². The lowest BCUT2D eigenvalue weighted by atomic mass is 9.72. The van der Waals surface area contributed by atoms with Crippen molar-refractivity contribution in [3.63, 3.8) is 0 Å². The Hall–Kier alpha value is -3.42. The lowest BCUT2D eigenvalue weighted by Crippen LogP contribution is -2.27. The average molecular weight is 467 g/mol. The SMILES string of the molecule is NC(=O)c1c(C(=O)O)c(C(=O)O)c2c(C3CCCCC3)c(C3CCCCC3)ccc2c1C(N)=O. The van der Waals surface area contributed by atoms with Crippen molar-refractivity contribution in [3.8, 4) is 0 Å². The smallest absolute Gasteiger partial charge is 0.337 e. The number of rotatable bonds is 6. The zero-order valence-corrected chi connectivity index (χ0v) is 19.1. The minimum absolute atomic E-state index is 0.0364. The molecule has 0 heterocycles. The summed E-state index contributed by atoms with van der Waals surface area (Å²) in [6, 6.07) is 3.54. The second kappa shape index (κ2) is 9.44. The molecule has 2 fully saturated rings. The van der Waals surface area contributed by atoms with E-state index in [1.807, 2.05) is 6.07 Å². The Balaban J connectivity index is 2.22. The van der Waals surface area contributed by atoms with Crippen LogP contribution in [0.15, 0.2) is 12.1 Å². The summed E-state index contributed by atoms with van der Waals surface area (Å²) in [7, 11) is 0. The zero-order valence-electron chi connectivity index (χ0n) is 19.1. The van der Waals surface area contributed by atoms with E-state index in [1.54, 1.807) is 6.07 Å². The quantitative estimate of drug-likeness (QED) is 0.489. The number of carbonyl (C=O) groups excluding carboxylic acids is 2. The zero-order chi connectivity index (χ0) is 24.6. The number of carboxylic acids is 2. The molecule has 2 aliphatic rings. The molecule has 0 radical (unpaired) electrons. The maximum atomic E-state index is 12.6. The van der Waals surface area contributed by atoms with Gasteiger partial charge < -0.3 is 21.7 Å². The van der Waals surface area contributed by atoms with Crippen LogP contribution >= 0.6 is 0 Å². The molecule has 0 spiro atoms. The minimum atomic E-state index is -1.63. The second-order valence-electron chi connectivity index (χ2n) is 9.50. The Morgan fingerprint density at radius 1 is 0.647 bits per heavy atom.